The molecule has 0 amide bonds. The monoisotopic (exact) mass is 292 g/mol. The van der Waals surface area contributed by atoms with E-state index in [4.69, 9.17) is 10.5 Å². The van der Waals surface area contributed by atoms with Crippen LogP contribution in [0.25, 0.3) is 0 Å². The van der Waals surface area contributed by atoms with E-state index in [9.17, 15) is 0 Å². The third kappa shape index (κ3) is 3.13. The fourth-order valence-electron chi connectivity index (χ4n) is 1.85. The zero-order chi connectivity index (χ0) is 14.7. The van der Waals surface area contributed by atoms with Crippen molar-refractivity contribution in [3.63, 3.8) is 0 Å². The number of nitrogens with zero attached hydrogens (tertiary/aromatic N) is 3. The van der Waals surface area contributed by atoms with Crippen LogP contribution in [0.3, 0.4) is 0 Å². The molecule has 1 heterocycles. The van der Waals surface area contributed by atoms with Crippen LogP contribution in [0.5, 0.6) is 5.75 Å². The molecular weight excluding hydrogens is 272 g/mol. The molecular formula is C14H20N4OS. The van der Waals surface area contributed by atoms with Crippen LogP contribution in [0.15, 0.2) is 23.4 Å². The van der Waals surface area contributed by atoms with E-state index in [1.807, 2.05) is 37.6 Å². The molecule has 0 saturated carbocycles. The summed E-state index contributed by atoms with van der Waals surface area (Å²) in [6.07, 6.45) is 0. The van der Waals surface area contributed by atoms with E-state index in [0.717, 1.165) is 33.6 Å². The summed E-state index contributed by atoms with van der Waals surface area (Å²) < 4.78 is 7.39. The van der Waals surface area contributed by atoms with Crippen LogP contribution in [-0.4, -0.2) is 21.9 Å². The number of hydrogen-bond acceptors (Lipinski definition) is 5. The van der Waals surface area contributed by atoms with Crippen molar-refractivity contribution in [2.75, 3.05) is 7.11 Å². The number of nitrogens with two attached hydrogens (primary N) is 1. The lowest BCUT2D eigenvalue weighted by Crippen LogP contribution is -2.05. The third-order valence-corrected chi connectivity index (χ3v) is 4.31. The summed E-state index contributed by atoms with van der Waals surface area (Å²) >= 11 is 1.64. The zero-order valence-corrected chi connectivity index (χ0v) is 13.1. The zero-order valence-electron chi connectivity index (χ0n) is 12.3. The second-order valence-electron chi connectivity index (χ2n) is 4.74. The molecule has 5 nitrogen and oxygen atoms in total. The molecule has 108 valence electrons. The van der Waals surface area contributed by atoms with Crippen molar-refractivity contribution < 1.29 is 4.74 Å². The first-order valence-electron chi connectivity index (χ1n) is 6.44. The quantitative estimate of drug-likeness (QED) is 0.857. The normalized spacial score (nSPS) is 12.4. The minimum atomic E-state index is 0.0155. The molecule has 1 aromatic carbocycles. The van der Waals surface area contributed by atoms with Gasteiger partial charge in [-0.15, -0.1) is 10.2 Å². The standard InChI is InChI=1S/C14H20N4OS/c1-9(15)11-5-6-13(19-4)12(7-11)8-20-14-17-16-10(2)18(14)3/h5-7,9H,8,15H2,1-4H3. The van der Waals surface area contributed by atoms with Gasteiger partial charge in [-0.2, -0.15) is 0 Å². The first-order valence-corrected chi connectivity index (χ1v) is 7.42. The summed E-state index contributed by atoms with van der Waals surface area (Å²) in [6.45, 7) is 3.92. The number of ether oxygens (including phenoxy) is 1. The summed E-state index contributed by atoms with van der Waals surface area (Å²) in [5, 5.41) is 9.11. The molecule has 0 fully saturated rings. The Morgan fingerprint density at radius 2 is 2.15 bits per heavy atom. The Labute approximate surface area is 123 Å². The average Bonchev–Trinajstić information content (AvgIpc) is 2.76. The number of rotatable bonds is 5. The second-order valence-corrected chi connectivity index (χ2v) is 5.68. The maximum atomic E-state index is 5.93. The average molecular weight is 292 g/mol. The summed E-state index contributed by atoms with van der Waals surface area (Å²) in [5.41, 5.74) is 8.16. The molecule has 2 rings (SSSR count). The minimum absolute atomic E-state index is 0.0155. The predicted molar refractivity (Wildman–Crippen MR) is 80.9 cm³/mol. The maximum Gasteiger partial charge on any atom is 0.191 e. The van der Waals surface area contributed by atoms with Gasteiger partial charge < -0.3 is 15.0 Å². The van der Waals surface area contributed by atoms with Crippen LogP contribution in [0.1, 0.15) is 29.9 Å². The minimum Gasteiger partial charge on any atom is -0.496 e. The van der Waals surface area contributed by atoms with Gasteiger partial charge in [-0.05, 0) is 31.5 Å². The van der Waals surface area contributed by atoms with Gasteiger partial charge in [-0.25, -0.2) is 0 Å². The molecule has 2 N–H and O–H groups in total. The molecule has 0 aliphatic heterocycles. The number of benzene rings is 1. The van der Waals surface area contributed by atoms with Crippen LogP contribution in [0.4, 0.5) is 0 Å². The van der Waals surface area contributed by atoms with Crippen molar-refractivity contribution in [2.24, 2.45) is 12.8 Å². The molecule has 1 aromatic heterocycles. The van der Waals surface area contributed by atoms with Gasteiger partial charge >= 0.3 is 0 Å². The van der Waals surface area contributed by atoms with E-state index < -0.39 is 0 Å². The number of aromatic nitrogens is 3. The molecule has 6 heteroatoms. The number of aryl methyl sites for hydroxylation is 1. The van der Waals surface area contributed by atoms with Crippen molar-refractivity contribution in [2.45, 2.75) is 30.8 Å². The van der Waals surface area contributed by atoms with Gasteiger partial charge in [-0.3, -0.25) is 0 Å². The van der Waals surface area contributed by atoms with Gasteiger partial charge in [0.1, 0.15) is 11.6 Å². The smallest absolute Gasteiger partial charge is 0.191 e. The van der Waals surface area contributed by atoms with E-state index in [2.05, 4.69) is 16.3 Å². The van der Waals surface area contributed by atoms with Gasteiger partial charge in [-0.1, -0.05) is 17.8 Å². The Kier molecular flexibility index (Phi) is 4.67. The van der Waals surface area contributed by atoms with Gasteiger partial charge in [0, 0.05) is 24.4 Å². The Balaban J connectivity index is 2.19. The second kappa shape index (κ2) is 6.28. The van der Waals surface area contributed by atoms with E-state index in [1.165, 1.54) is 0 Å². The van der Waals surface area contributed by atoms with E-state index >= 15 is 0 Å². The topological polar surface area (TPSA) is 66.0 Å². The lowest BCUT2D eigenvalue weighted by atomic mass is 10.1. The van der Waals surface area contributed by atoms with Crippen LogP contribution in [-0.2, 0) is 12.8 Å². The highest BCUT2D eigenvalue weighted by molar-refractivity contribution is 7.98. The molecule has 0 aliphatic carbocycles. The first-order chi connectivity index (χ1) is 9.52. The molecule has 0 bridgehead atoms. The van der Waals surface area contributed by atoms with Crippen LogP contribution in [0, 0.1) is 6.92 Å². The van der Waals surface area contributed by atoms with Gasteiger partial charge in [0.05, 0.1) is 7.11 Å². The molecule has 2 aromatic rings. The molecule has 1 unspecified atom stereocenters. The highest BCUT2D eigenvalue weighted by Crippen LogP contribution is 2.29. The van der Waals surface area contributed by atoms with Gasteiger partial charge in [0.2, 0.25) is 0 Å². The fourth-order valence-corrected chi connectivity index (χ4v) is 2.78. The van der Waals surface area contributed by atoms with E-state index in [1.54, 1.807) is 18.9 Å². The fraction of sp³-hybridized carbons (Fsp3) is 0.429. The Hall–Kier alpha value is -1.53. The van der Waals surface area contributed by atoms with Crippen molar-refractivity contribution in [3.8, 4) is 5.75 Å². The SMILES string of the molecule is COc1ccc(C(C)N)cc1CSc1nnc(C)n1C. The first kappa shape index (κ1) is 14.9. The lowest BCUT2D eigenvalue weighted by molar-refractivity contribution is 0.411. The summed E-state index contributed by atoms with van der Waals surface area (Å²) in [6, 6.07) is 6.09. The third-order valence-electron chi connectivity index (χ3n) is 3.24. The summed E-state index contributed by atoms with van der Waals surface area (Å²) in [5.74, 6) is 2.56. The largest absolute Gasteiger partial charge is 0.496 e. The van der Waals surface area contributed by atoms with Crippen molar-refractivity contribution in [1.29, 1.82) is 0 Å². The number of thioether (sulfide) groups is 1. The highest BCUT2D eigenvalue weighted by atomic mass is 32.2. The van der Waals surface area contributed by atoms with Gasteiger partial charge in [0.25, 0.3) is 0 Å². The maximum absolute atomic E-state index is 5.93. The molecule has 1 atom stereocenters. The van der Waals surface area contributed by atoms with Gasteiger partial charge in [0.15, 0.2) is 5.16 Å². The molecule has 20 heavy (non-hydrogen) atoms. The molecule has 0 aliphatic rings. The summed E-state index contributed by atoms with van der Waals surface area (Å²) in [4.78, 5) is 0. The van der Waals surface area contributed by atoms with Crippen molar-refractivity contribution >= 4 is 11.8 Å². The van der Waals surface area contributed by atoms with E-state index in [-0.39, 0.29) is 6.04 Å². The van der Waals surface area contributed by atoms with E-state index in [0.29, 0.717) is 0 Å². The predicted octanol–water partition coefficient (Wildman–Crippen LogP) is 2.44. The van der Waals surface area contributed by atoms with Crippen LogP contribution >= 0.6 is 11.8 Å². The summed E-state index contributed by atoms with van der Waals surface area (Å²) in [7, 11) is 3.65. The Morgan fingerprint density at radius 3 is 2.70 bits per heavy atom. The molecule has 0 radical (unpaired) electrons. The number of methoxy groups -OCH3 is 1. The van der Waals surface area contributed by atoms with Crippen molar-refractivity contribution in [3.05, 3.63) is 35.2 Å². The Morgan fingerprint density at radius 1 is 1.40 bits per heavy atom. The van der Waals surface area contributed by atoms with Crippen molar-refractivity contribution in [1.82, 2.24) is 14.8 Å². The number of hydrogen-bond donors (Lipinski definition) is 1. The van der Waals surface area contributed by atoms with Crippen LogP contribution < -0.4 is 10.5 Å². The Bertz CT molecular complexity index is 595. The molecule has 0 spiro atoms. The highest BCUT2D eigenvalue weighted by Gasteiger charge is 2.10. The van der Waals surface area contributed by atoms with Crippen LogP contribution in [0.2, 0.25) is 0 Å². The lowest BCUT2D eigenvalue weighted by Gasteiger charge is -2.12. The molecule has 0 saturated heterocycles.